The lowest BCUT2D eigenvalue weighted by Gasteiger charge is -2.27. The topological polar surface area (TPSA) is 69.7 Å². The van der Waals surface area contributed by atoms with Crippen molar-refractivity contribution in [2.75, 3.05) is 24.9 Å². The van der Waals surface area contributed by atoms with E-state index in [-0.39, 0.29) is 11.7 Å². The highest BCUT2D eigenvalue weighted by molar-refractivity contribution is 7.90. The molecule has 0 aliphatic rings. The summed E-state index contributed by atoms with van der Waals surface area (Å²) in [6, 6.07) is 5.40. The Morgan fingerprint density at radius 3 is 2.43 bits per heavy atom. The summed E-state index contributed by atoms with van der Waals surface area (Å²) < 4.78 is 40.6. The van der Waals surface area contributed by atoms with Gasteiger partial charge in [0.1, 0.15) is 12.4 Å². The van der Waals surface area contributed by atoms with Crippen molar-refractivity contribution in [1.82, 2.24) is 9.62 Å². The summed E-state index contributed by atoms with van der Waals surface area (Å²) in [6.07, 6.45) is 1.68. The van der Waals surface area contributed by atoms with Gasteiger partial charge in [0.05, 0.1) is 5.69 Å². The van der Waals surface area contributed by atoms with Gasteiger partial charge in [-0.25, -0.2) is 8.70 Å². The Hall–Kier alpha value is -1.67. The lowest BCUT2D eigenvalue weighted by atomic mass is 10.2. The van der Waals surface area contributed by atoms with Crippen LogP contribution in [0.15, 0.2) is 24.3 Å². The van der Waals surface area contributed by atoms with Crippen LogP contribution in [0.2, 0.25) is 0 Å². The molecule has 1 aromatic carbocycles. The smallest absolute Gasteiger partial charge is 0.304 e. The van der Waals surface area contributed by atoms with Gasteiger partial charge < -0.3 is 5.32 Å². The predicted molar refractivity (Wildman–Crippen MR) is 88.9 cm³/mol. The van der Waals surface area contributed by atoms with E-state index < -0.39 is 28.5 Å². The van der Waals surface area contributed by atoms with Crippen molar-refractivity contribution in [2.45, 2.75) is 32.7 Å². The van der Waals surface area contributed by atoms with Crippen LogP contribution in [0.25, 0.3) is 0 Å². The van der Waals surface area contributed by atoms with Crippen LogP contribution in [0.1, 0.15) is 26.7 Å². The standard InChI is InChI=1S/C15H24FN3O3S/c1-5-8-12(2)17-15(20)11-19(23(21,22)18(3)4)14-10-7-6-9-13(14)16/h6-7,9-10,12H,5,8,11H2,1-4H3,(H,17,20). The molecular formula is C15H24FN3O3S. The molecule has 1 rings (SSSR count). The van der Waals surface area contributed by atoms with Crippen LogP contribution < -0.4 is 9.62 Å². The van der Waals surface area contributed by atoms with Gasteiger partial charge in [-0.15, -0.1) is 0 Å². The number of halogens is 1. The minimum Gasteiger partial charge on any atom is -0.352 e. The van der Waals surface area contributed by atoms with Gasteiger partial charge in [0.15, 0.2) is 0 Å². The minimum atomic E-state index is -3.99. The van der Waals surface area contributed by atoms with Gasteiger partial charge in [0.25, 0.3) is 0 Å². The fourth-order valence-corrected chi connectivity index (χ4v) is 3.17. The molecule has 0 radical (unpaired) electrons. The van der Waals surface area contributed by atoms with Gasteiger partial charge in [-0.3, -0.25) is 4.79 Å². The molecule has 1 aromatic rings. The summed E-state index contributed by atoms with van der Waals surface area (Å²) in [5.74, 6) is -1.17. The van der Waals surface area contributed by atoms with Gasteiger partial charge in [0.2, 0.25) is 5.91 Å². The first-order chi connectivity index (χ1) is 10.7. The Balaban J connectivity index is 3.08. The van der Waals surface area contributed by atoms with Gasteiger partial charge >= 0.3 is 10.2 Å². The zero-order valence-corrected chi connectivity index (χ0v) is 14.7. The summed E-state index contributed by atoms with van der Waals surface area (Å²) >= 11 is 0. The van der Waals surface area contributed by atoms with E-state index in [1.807, 2.05) is 13.8 Å². The number of hydrogen-bond donors (Lipinski definition) is 1. The molecule has 0 spiro atoms. The molecule has 0 saturated carbocycles. The number of rotatable bonds is 8. The van der Waals surface area contributed by atoms with E-state index >= 15 is 0 Å². The molecule has 1 amide bonds. The van der Waals surface area contributed by atoms with Crippen molar-refractivity contribution in [3.63, 3.8) is 0 Å². The molecule has 0 fully saturated rings. The third kappa shape index (κ3) is 5.18. The van der Waals surface area contributed by atoms with E-state index in [9.17, 15) is 17.6 Å². The molecule has 1 unspecified atom stereocenters. The highest BCUT2D eigenvalue weighted by atomic mass is 32.2. The molecule has 0 aliphatic carbocycles. The second kappa shape index (κ2) is 8.26. The molecular weight excluding hydrogens is 321 g/mol. The second-order valence-electron chi connectivity index (χ2n) is 5.51. The molecule has 0 aliphatic heterocycles. The Morgan fingerprint density at radius 1 is 1.30 bits per heavy atom. The maximum absolute atomic E-state index is 14.0. The zero-order chi connectivity index (χ0) is 17.6. The van der Waals surface area contributed by atoms with E-state index in [2.05, 4.69) is 5.32 Å². The van der Waals surface area contributed by atoms with E-state index in [1.165, 1.54) is 32.3 Å². The highest BCUT2D eigenvalue weighted by Crippen LogP contribution is 2.22. The number of benzene rings is 1. The summed E-state index contributed by atoms with van der Waals surface area (Å²) in [7, 11) is -1.32. The summed E-state index contributed by atoms with van der Waals surface area (Å²) in [5.41, 5.74) is -0.153. The lowest BCUT2D eigenvalue weighted by Crippen LogP contribution is -2.47. The van der Waals surface area contributed by atoms with Crippen LogP contribution in [0.3, 0.4) is 0 Å². The van der Waals surface area contributed by atoms with Gasteiger partial charge in [0, 0.05) is 20.1 Å². The minimum absolute atomic E-state index is 0.0722. The number of nitrogens with zero attached hydrogens (tertiary/aromatic N) is 2. The number of para-hydroxylation sites is 1. The lowest BCUT2D eigenvalue weighted by molar-refractivity contribution is -0.120. The van der Waals surface area contributed by atoms with Gasteiger partial charge in [-0.2, -0.15) is 12.7 Å². The van der Waals surface area contributed by atoms with Crippen LogP contribution in [-0.2, 0) is 15.0 Å². The van der Waals surface area contributed by atoms with Gasteiger partial charge in [-0.05, 0) is 25.5 Å². The summed E-state index contributed by atoms with van der Waals surface area (Å²) in [6.45, 7) is 3.36. The molecule has 23 heavy (non-hydrogen) atoms. The maximum atomic E-state index is 14.0. The molecule has 0 heterocycles. The van der Waals surface area contributed by atoms with Crippen LogP contribution in [0.5, 0.6) is 0 Å². The van der Waals surface area contributed by atoms with Crippen molar-refractivity contribution >= 4 is 21.8 Å². The van der Waals surface area contributed by atoms with Crippen LogP contribution in [0, 0.1) is 5.82 Å². The van der Waals surface area contributed by atoms with Crippen molar-refractivity contribution in [1.29, 1.82) is 0 Å². The third-order valence-electron chi connectivity index (χ3n) is 3.28. The maximum Gasteiger partial charge on any atom is 0.304 e. The normalized spacial score (nSPS) is 13.0. The number of hydrogen-bond acceptors (Lipinski definition) is 3. The number of carbonyl (C=O) groups excluding carboxylic acids is 1. The number of anilines is 1. The van der Waals surface area contributed by atoms with Crippen LogP contribution >= 0.6 is 0 Å². The second-order valence-corrected chi connectivity index (χ2v) is 7.57. The molecule has 0 saturated heterocycles. The molecule has 1 N–H and O–H groups in total. The summed E-state index contributed by atoms with van der Waals surface area (Å²) in [5, 5.41) is 2.73. The highest BCUT2D eigenvalue weighted by Gasteiger charge is 2.29. The molecule has 0 aromatic heterocycles. The number of amides is 1. The fourth-order valence-electron chi connectivity index (χ4n) is 2.10. The molecule has 6 nitrogen and oxygen atoms in total. The Morgan fingerprint density at radius 2 is 1.91 bits per heavy atom. The van der Waals surface area contributed by atoms with E-state index in [0.29, 0.717) is 0 Å². The van der Waals surface area contributed by atoms with Crippen molar-refractivity contribution < 1.29 is 17.6 Å². The van der Waals surface area contributed by atoms with Gasteiger partial charge in [-0.1, -0.05) is 25.5 Å². The quantitative estimate of drug-likeness (QED) is 0.780. The summed E-state index contributed by atoms with van der Waals surface area (Å²) in [4.78, 5) is 12.1. The third-order valence-corrected chi connectivity index (χ3v) is 5.08. The Kier molecular flexibility index (Phi) is 6.96. The van der Waals surface area contributed by atoms with E-state index in [1.54, 1.807) is 0 Å². The van der Waals surface area contributed by atoms with E-state index in [4.69, 9.17) is 0 Å². The van der Waals surface area contributed by atoms with Crippen molar-refractivity contribution in [3.05, 3.63) is 30.1 Å². The van der Waals surface area contributed by atoms with E-state index in [0.717, 1.165) is 27.5 Å². The number of carbonyl (C=O) groups is 1. The first kappa shape index (κ1) is 19.4. The molecule has 0 bridgehead atoms. The molecule has 1 atom stereocenters. The van der Waals surface area contributed by atoms with Crippen LogP contribution in [-0.4, -0.2) is 45.3 Å². The first-order valence-electron chi connectivity index (χ1n) is 7.44. The Labute approximate surface area is 137 Å². The molecule has 130 valence electrons. The van der Waals surface area contributed by atoms with Crippen molar-refractivity contribution in [2.24, 2.45) is 0 Å². The SMILES string of the molecule is CCCC(C)NC(=O)CN(c1ccccc1F)S(=O)(=O)N(C)C. The number of nitrogens with one attached hydrogen (secondary N) is 1. The monoisotopic (exact) mass is 345 g/mol. The average Bonchev–Trinajstić information content (AvgIpc) is 2.45. The van der Waals surface area contributed by atoms with Crippen LogP contribution in [0.4, 0.5) is 10.1 Å². The average molecular weight is 345 g/mol. The largest absolute Gasteiger partial charge is 0.352 e. The Bertz CT molecular complexity index is 635. The molecule has 8 heteroatoms. The zero-order valence-electron chi connectivity index (χ0n) is 13.9. The van der Waals surface area contributed by atoms with Crippen molar-refractivity contribution in [3.8, 4) is 0 Å². The fraction of sp³-hybridized carbons (Fsp3) is 0.533. The predicted octanol–water partition coefficient (Wildman–Crippen LogP) is 1.74. The first-order valence-corrected chi connectivity index (χ1v) is 8.84.